The highest BCUT2D eigenvalue weighted by atomic mass is 79.9. The Morgan fingerprint density at radius 3 is 2.85 bits per heavy atom. The summed E-state index contributed by atoms with van der Waals surface area (Å²) in [7, 11) is 1.70. The van der Waals surface area contributed by atoms with Crippen LogP contribution in [0.4, 0.5) is 0 Å². The number of aromatic nitrogens is 1. The van der Waals surface area contributed by atoms with Gasteiger partial charge in [-0.2, -0.15) is 0 Å². The van der Waals surface area contributed by atoms with Crippen LogP contribution in [0.15, 0.2) is 47.2 Å². The quantitative estimate of drug-likeness (QED) is 0.868. The third kappa shape index (κ3) is 3.58. The fraction of sp³-hybridized carbons (Fsp3) is 0.312. The molecule has 1 atom stereocenters. The molecule has 0 fully saturated rings. The van der Waals surface area contributed by atoms with Gasteiger partial charge in [-0.3, -0.25) is 4.98 Å². The molecular formula is C16H19BrN2O. The minimum atomic E-state index is 0.0797. The van der Waals surface area contributed by atoms with Crippen LogP contribution in [0.5, 0.6) is 5.75 Å². The summed E-state index contributed by atoms with van der Waals surface area (Å²) in [5, 5.41) is 3.56. The lowest BCUT2D eigenvalue weighted by molar-refractivity contribution is 0.403. The van der Waals surface area contributed by atoms with Crippen molar-refractivity contribution in [1.29, 1.82) is 0 Å². The lowest BCUT2D eigenvalue weighted by Gasteiger charge is -2.21. The lowest BCUT2D eigenvalue weighted by Crippen LogP contribution is -2.23. The van der Waals surface area contributed by atoms with Crippen LogP contribution >= 0.6 is 15.9 Å². The van der Waals surface area contributed by atoms with Crippen molar-refractivity contribution in [2.75, 3.05) is 13.7 Å². The molecule has 1 N–H and O–H groups in total. The monoisotopic (exact) mass is 334 g/mol. The van der Waals surface area contributed by atoms with Gasteiger partial charge in [-0.15, -0.1) is 0 Å². The molecule has 1 heterocycles. The Kier molecular flexibility index (Phi) is 5.56. The molecule has 0 saturated carbocycles. The topological polar surface area (TPSA) is 34.2 Å². The van der Waals surface area contributed by atoms with E-state index in [0.29, 0.717) is 0 Å². The zero-order chi connectivity index (χ0) is 14.4. The highest BCUT2D eigenvalue weighted by Crippen LogP contribution is 2.32. The summed E-state index contributed by atoms with van der Waals surface area (Å²) in [6, 6.07) is 10.2. The Bertz CT molecular complexity index is 545. The van der Waals surface area contributed by atoms with Gasteiger partial charge in [0.1, 0.15) is 5.75 Å². The van der Waals surface area contributed by atoms with Gasteiger partial charge in [0, 0.05) is 22.4 Å². The average molecular weight is 335 g/mol. The van der Waals surface area contributed by atoms with E-state index in [1.54, 1.807) is 13.3 Å². The van der Waals surface area contributed by atoms with Gasteiger partial charge in [-0.25, -0.2) is 0 Å². The van der Waals surface area contributed by atoms with Gasteiger partial charge in [0.15, 0.2) is 0 Å². The van der Waals surface area contributed by atoms with E-state index in [1.165, 1.54) is 0 Å². The molecule has 0 amide bonds. The molecule has 0 radical (unpaired) electrons. The van der Waals surface area contributed by atoms with Crippen LogP contribution in [0.25, 0.3) is 0 Å². The van der Waals surface area contributed by atoms with E-state index in [1.807, 2.05) is 24.4 Å². The number of hydrogen-bond donors (Lipinski definition) is 1. The van der Waals surface area contributed by atoms with Crippen LogP contribution in [0, 0.1) is 0 Å². The molecule has 2 rings (SSSR count). The van der Waals surface area contributed by atoms with E-state index in [-0.39, 0.29) is 6.04 Å². The van der Waals surface area contributed by atoms with Gasteiger partial charge in [-0.05, 0) is 42.8 Å². The van der Waals surface area contributed by atoms with Crippen molar-refractivity contribution in [2.45, 2.75) is 19.4 Å². The first-order chi connectivity index (χ1) is 9.76. The van der Waals surface area contributed by atoms with Crippen molar-refractivity contribution in [3.8, 4) is 5.75 Å². The Morgan fingerprint density at radius 2 is 2.20 bits per heavy atom. The van der Waals surface area contributed by atoms with Crippen molar-refractivity contribution in [3.05, 3.63) is 58.3 Å². The van der Waals surface area contributed by atoms with Gasteiger partial charge in [-0.1, -0.05) is 28.9 Å². The van der Waals surface area contributed by atoms with Crippen molar-refractivity contribution in [2.24, 2.45) is 0 Å². The molecule has 4 heteroatoms. The van der Waals surface area contributed by atoms with E-state index in [9.17, 15) is 0 Å². The first-order valence-corrected chi connectivity index (χ1v) is 7.52. The summed E-state index contributed by atoms with van der Waals surface area (Å²) in [6.07, 6.45) is 4.76. The molecular weight excluding hydrogens is 316 g/mol. The third-order valence-corrected chi connectivity index (χ3v) is 3.61. The minimum Gasteiger partial charge on any atom is -0.496 e. The summed E-state index contributed by atoms with van der Waals surface area (Å²) in [5.74, 6) is 0.880. The van der Waals surface area contributed by atoms with E-state index in [0.717, 1.165) is 34.3 Å². The molecule has 0 saturated heterocycles. The Hall–Kier alpha value is -1.39. The maximum Gasteiger partial charge on any atom is 0.124 e. The maximum atomic E-state index is 5.50. The number of pyridine rings is 1. The summed E-state index contributed by atoms with van der Waals surface area (Å²) in [4.78, 5) is 4.22. The molecule has 0 aliphatic heterocycles. The predicted octanol–water partition coefficient (Wildman–Crippen LogP) is 3.94. The largest absolute Gasteiger partial charge is 0.496 e. The molecule has 20 heavy (non-hydrogen) atoms. The van der Waals surface area contributed by atoms with Crippen LogP contribution in [0.2, 0.25) is 0 Å². The van der Waals surface area contributed by atoms with Crippen molar-refractivity contribution in [3.63, 3.8) is 0 Å². The number of nitrogens with one attached hydrogen (secondary N) is 1. The van der Waals surface area contributed by atoms with Gasteiger partial charge in [0.2, 0.25) is 0 Å². The second kappa shape index (κ2) is 7.41. The second-order valence-corrected chi connectivity index (χ2v) is 5.48. The van der Waals surface area contributed by atoms with Crippen LogP contribution in [0.3, 0.4) is 0 Å². The molecule has 106 valence electrons. The van der Waals surface area contributed by atoms with Gasteiger partial charge in [0.25, 0.3) is 0 Å². The van der Waals surface area contributed by atoms with Crippen LogP contribution in [-0.4, -0.2) is 18.6 Å². The zero-order valence-corrected chi connectivity index (χ0v) is 13.4. The number of hydrogen-bond acceptors (Lipinski definition) is 3. The van der Waals surface area contributed by atoms with E-state index >= 15 is 0 Å². The SMILES string of the molecule is CCCNC(c1cccnc1)c1cc(Br)ccc1OC. The van der Waals surface area contributed by atoms with Crippen LogP contribution in [0.1, 0.15) is 30.5 Å². The molecule has 1 aromatic carbocycles. The highest BCUT2D eigenvalue weighted by molar-refractivity contribution is 9.10. The normalized spacial score (nSPS) is 12.2. The zero-order valence-electron chi connectivity index (χ0n) is 11.8. The predicted molar refractivity (Wildman–Crippen MR) is 85.1 cm³/mol. The van der Waals surface area contributed by atoms with Crippen molar-refractivity contribution >= 4 is 15.9 Å². The van der Waals surface area contributed by atoms with E-state index < -0.39 is 0 Å². The fourth-order valence-corrected chi connectivity index (χ4v) is 2.55. The molecule has 1 aromatic heterocycles. The number of ether oxygens (including phenoxy) is 1. The van der Waals surface area contributed by atoms with Crippen LogP contribution in [-0.2, 0) is 0 Å². The third-order valence-electron chi connectivity index (χ3n) is 3.12. The Balaban J connectivity index is 2.43. The maximum absolute atomic E-state index is 5.50. The smallest absolute Gasteiger partial charge is 0.124 e. The summed E-state index contributed by atoms with van der Waals surface area (Å²) < 4.78 is 6.54. The summed E-state index contributed by atoms with van der Waals surface area (Å²) in [5.41, 5.74) is 2.25. The van der Waals surface area contributed by atoms with Crippen LogP contribution < -0.4 is 10.1 Å². The number of nitrogens with zero attached hydrogens (tertiary/aromatic N) is 1. The number of rotatable bonds is 6. The van der Waals surface area contributed by atoms with Gasteiger partial charge < -0.3 is 10.1 Å². The minimum absolute atomic E-state index is 0.0797. The van der Waals surface area contributed by atoms with E-state index in [4.69, 9.17) is 4.74 Å². The van der Waals surface area contributed by atoms with Crippen molar-refractivity contribution in [1.82, 2.24) is 10.3 Å². The molecule has 0 bridgehead atoms. The first kappa shape index (κ1) is 15.0. The molecule has 3 nitrogen and oxygen atoms in total. The first-order valence-electron chi connectivity index (χ1n) is 6.73. The lowest BCUT2D eigenvalue weighted by atomic mass is 9.99. The Morgan fingerprint density at radius 1 is 1.35 bits per heavy atom. The highest BCUT2D eigenvalue weighted by Gasteiger charge is 2.18. The molecule has 0 aliphatic carbocycles. The summed E-state index contributed by atoms with van der Waals surface area (Å²) >= 11 is 3.54. The van der Waals surface area contributed by atoms with Gasteiger partial charge in [0.05, 0.1) is 13.2 Å². The summed E-state index contributed by atoms with van der Waals surface area (Å²) in [6.45, 7) is 3.10. The van der Waals surface area contributed by atoms with Gasteiger partial charge >= 0.3 is 0 Å². The molecule has 2 aromatic rings. The average Bonchev–Trinajstić information content (AvgIpc) is 2.49. The fourth-order valence-electron chi connectivity index (χ4n) is 2.17. The number of benzene rings is 1. The van der Waals surface area contributed by atoms with E-state index in [2.05, 4.69) is 45.3 Å². The second-order valence-electron chi connectivity index (χ2n) is 4.56. The molecule has 1 unspecified atom stereocenters. The number of halogens is 1. The van der Waals surface area contributed by atoms with Crippen molar-refractivity contribution < 1.29 is 4.74 Å². The molecule has 0 aliphatic rings. The standard InChI is InChI=1S/C16H19BrN2O/c1-3-8-19-16(12-5-4-9-18-11-12)14-10-13(17)6-7-15(14)20-2/h4-7,9-11,16,19H,3,8H2,1-2H3. The Labute approximate surface area is 128 Å². The number of methoxy groups -OCH3 is 1. The molecule has 0 spiro atoms.